The Morgan fingerprint density at radius 3 is 2.74 bits per heavy atom. The minimum Gasteiger partial charge on any atom is -0.352 e. The molecule has 2 N–H and O–H groups in total. The summed E-state index contributed by atoms with van der Waals surface area (Å²) in [6.45, 7) is 3.29. The quantitative estimate of drug-likeness (QED) is 0.723. The van der Waals surface area contributed by atoms with Crippen LogP contribution in [0.15, 0.2) is 41.8 Å². The molecule has 0 aliphatic carbocycles. The second-order valence-electron chi connectivity index (χ2n) is 3.53. The Bertz CT molecular complexity index is 617. The normalized spacial score (nSPS) is 10.5. The Morgan fingerprint density at radius 2 is 2.11 bits per heavy atom. The third-order valence-electron chi connectivity index (χ3n) is 2.16. The Balaban J connectivity index is 2.80. The highest BCUT2D eigenvalue weighted by Crippen LogP contribution is 2.13. The number of carbonyl (C=O) groups excluding carboxylic acids is 1. The topological polar surface area (TPSA) is 99.1 Å². The van der Waals surface area contributed by atoms with Crippen LogP contribution in [-0.2, 0) is 14.8 Å². The lowest BCUT2D eigenvalue weighted by Crippen LogP contribution is -2.37. The number of hydrogen-bond donors (Lipinski definition) is 2. The molecule has 0 aromatic heterocycles. The average Bonchev–Trinajstić information content (AvgIpc) is 2.43. The van der Waals surface area contributed by atoms with Crippen molar-refractivity contribution in [3.63, 3.8) is 0 Å². The highest BCUT2D eigenvalue weighted by molar-refractivity contribution is 7.89. The first-order valence-electron chi connectivity index (χ1n) is 5.37. The van der Waals surface area contributed by atoms with Gasteiger partial charge >= 0.3 is 0 Å². The van der Waals surface area contributed by atoms with E-state index in [-0.39, 0.29) is 17.0 Å². The summed E-state index contributed by atoms with van der Waals surface area (Å²) in [5.74, 6) is -0.474. The number of benzene rings is 1. The van der Waals surface area contributed by atoms with Gasteiger partial charge in [0.05, 0.1) is 17.0 Å². The van der Waals surface area contributed by atoms with Crippen LogP contribution in [0.1, 0.15) is 5.56 Å². The molecule has 100 valence electrons. The second kappa shape index (κ2) is 6.68. The molecule has 19 heavy (non-hydrogen) atoms. The maximum atomic E-state index is 11.9. The Morgan fingerprint density at radius 1 is 1.42 bits per heavy atom. The van der Waals surface area contributed by atoms with Gasteiger partial charge in [-0.2, -0.15) is 5.26 Å². The van der Waals surface area contributed by atoms with Crippen LogP contribution in [0, 0.1) is 11.3 Å². The summed E-state index contributed by atoms with van der Waals surface area (Å²) in [5.41, 5.74) is 0.0292. The molecule has 0 aliphatic rings. The molecule has 0 unspecified atom stereocenters. The Hall–Kier alpha value is -2.17. The van der Waals surface area contributed by atoms with Crippen LogP contribution in [0.3, 0.4) is 0 Å². The first kappa shape index (κ1) is 14.9. The molecule has 1 aromatic rings. The second-order valence-corrected chi connectivity index (χ2v) is 5.26. The highest BCUT2D eigenvalue weighted by atomic mass is 32.2. The highest BCUT2D eigenvalue weighted by Gasteiger charge is 2.18. The van der Waals surface area contributed by atoms with Crippen LogP contribution in [0.5, 0.6) is 0 Å². The van der Waals surface area contributed by atoms with E-state index in [0.717, 1.165) is 0 Å². The van der Waals surface area contributed by atoms with Crippen LogP contribution in [-0.4, -0.2) is 27.4 Å². The first-order chi connectivity index (χ1) is 9.01. The van der Waals surface area contributed by atoms with Crippen molar-refractivity contribution in [3.05, 3.63) is 42.5 Å². The number of hydrogen-bond acceptors (Lipinski definition) is 4. The molecule has 1 amide bonds. The van der Waals surface area contributed by atoms with Crippen molar-refractivity contribution in [3.8, 4) is 6.07 Å². The van der Waals surface area contributed by atoms with E-state index in [1.165, 1.54) is 24.3 Å². The van der Waals surface area contributed by atoms with Gasteiger partial charge in [0.15, 0.2) is 0 Å². The molecule has 0 aliphatic heterocycles. The van der Waals surface area contributed by atoms with Crippen molar-refractivity contribution in [2.45, 2.75) is 4.90 Å². The van der Waals surface area contributed by atoms with Crippen LogP contribution in [0.2, 0.25) is 0 Å². The fourth-order valence-electron chi connectivity index (χ4n) is 1.28. The van der Waals surface area contributed by atoms with Crippen LogP contribution >= 0.6 is 0 Å². The largest absolute Gasteiger partial charge is 0.352 e. The van der Waals surface area contributed by atoms with Gasteiger partial charge in [0.1, 0.15) is 6.07 Å². The molecular weight excluding hydrogens is 266 g/mol. The van der Waals surface area contributed by atoms with Crippen molar-refractivity contribution in [2.75, 3.05) is 13.1 Å². The molecule has 0 spiro atoms. The summed E-state index contributed by atoms with van der Waals surface area (Å²) in [5, 5.41) is 11.3. The number of amides is 1. The number of rotatable bonds is 6. The maximum Gasteiger partial charge on any atom is 0.242 e. The minimum absolute atomic E-state index is 0.0292. The Kier molecular flexibility index (Phi) is 5.23. The lowest BCUT2D eigenvalue weighted by Gasteiger charge is -2.07. The number of nitrogens with one attached hydrogen (secondary N) is 2. The van der Waals surface area contributed by atoms with Gasteiger partial charge in [0, 0.05) is 6.54 Å². The average molecular weight is 279 g/mol. The molecule has 0 radical (unpaired) electrons. The molecular formula is C12H13N3O3S. The summed E-state index contributed by atoms with van der Waals surface area (Å²) in [7, 11) is -3.88. The van der Waals surface area contributed by atoms with Crippen molar-refractivity contribution < 1.29 is 13.2 Å². The minimum atomic E-state index is -3.88. The predicted molar refractivity (Wildman–Crippen MR) is 69.6 cm³/mol. The van der Waals surface area contributed by atoms with Crippen LogP contribution < -0.4 is 10.0 Å². The van der Waals surface area contributed by atoms with Gasteiger partial charge in [-0.05, 0) is 12.1 Å². The van der Waals surface area contributed by atoms with E-state index < -0.39 is 22.5 Å². The van der Waals surface area contributed by atoms with E-state index in [1.807, 2.05) is 0 Å². The lowest BCUT2D eigenvalue weighted by atomic mass is 10.2. The zero-order chi connectivity index (χ0) is 14.3. The first-order valence-corrected chi connectivity index (χ1v) is 6.86. The third kappa shape index (κ3) is 4.21. The van der Waals surface area contributed by atoms with Gasteiger partial charge in [-0.1, -0.05) is 18.2 Å². The zero-order valence-corrected chi connectivity index (χ0v) is 10.9. The van der Waals surface area contributed by atoms with Gasteiger partial charge in [-0.15, -0.1) is 6.58 Å². The van der Waals surface area contributed by atoms with E-state index in [9.17, 15) is 13.2 Å². The van der Waals surface area contributed by atoms with E-state index in [2.05, 4.69) is 16.6 Å². The zero-order valence-electron chi connectivity index (χ0n) is 10.1. The number of nitriles is 1. The Labute approximate surface area is 111 Å². The predicted octanol–water partition coefficient (Wildman–Crippen LogP) is 0.139. The third-order valence-corrected chi connectivity index (χ3v) is 3.62. The molecule has 7 heteroatoms. The van der Waals surface area contributed by atoms with Gasteiger partial charge in [0.2, 0.25) is 15.9 Å². The van der Waals surface area contributed by atoms with E-state index in [0.29, 0.717) is 0 Å². The number of carbonyl (C=O) groups is 1. The van der Waals surface area contributed by atoms with Gasteiger partial charge in [0.25, 0.3) is 0 Å². The van der Waals surface area contributed by atoms with Gasteiger partial charge in [-0.3, -0.25) is 4.79 Å². The van der Waals surface area contributed by atoms with Gasteiger partial charge < -0.3 is 5.32 Å². The fraction of sp³-hybridized carbons (Fsp3) is 0.167. The molecule has 0 heterocycles. The standard InChI is InChI=1S/C12H13N3O3S/c1-2-7-14-12(16)9-15-19(17,18)11-6-4-3-5-10(11)8-13/h2-6,15H,1,7,9H2,(H,14,16). The fourth-order valence-corrected chi connectivity index (χ4v) is 2.42. The molecule has 0 bridgehead atoms. The number of nitrogens with zero attached hydrogens (tertiary/aromatic N) is 1. The van der Waals surface area contributed by atoms with Gasteiger partial charge in [-0.25, -0.2) is 13.1 Å². The smallest absolute Gasteiger partial charge is 0.242 e. The molecule has 0 atom stereocenters. The van der Waals surface area contributed by atoms with Crippen molar-refractivity contribution in [1.29, 1.82) is 5.26 Å². The molecule has 6 nitrogen and oxygen atoms in total. The molecule has 1 aromatic carbocycles. The summed E-state index contributed by atoms with van der Waals surface area (Å²) in [4.78, 5) is 11.1. The SMILES string of the molecule is C=CCNC(=O)CNS(=O)(=O)c1ccccc1C#N. The van der Waals surface area contributed by atoms with Crippen molar-refractivity contribution in [1.82, 2.24) is 10.0 Å². The van der Waals surface area contributed by atoms with Crippen molar-refractivity contribution in [2.24, 2.45) is 0 Å². The molecule has 1 rings (SSSR count). The summed E-state index contributed by atoms with van der Waals surface area (Å²) >= 11 is 0. The van der Waals surface area contributed by atoms with E-state index >= 15 is 0 Å². The maximum absolute atomic E-state index is 11.9. The van der Waals surface area contributed by atoms with E-state index in [4.69, 9.17) is 5.26 Å². The molecule has 0 saturated heterocycles. The van der Waals surface area contributed by atoms with Crippen molar-refractivity contribution >= 4 is 15.9 Å². The lowest BCUT2D eigenvalue weighted by molar-refractivity contribution is -0.119. The summed E-state index contributed by atoms with van der Waals surface area (Å²) in [6, 6.07) is 7.56. The van der Waals surface area contributed by atoms with Crippen LogP contribution in [0.25, 0.3) is 0 Å². The summed E-state index contributed by atoms with van der Waals surface area (Å²) in [6.07, 6.45) is 1.48. The summed E-state index contributed by atoms with van der Waals surface area (Å²) < 4.78 is 26.0. The number of sulfonamides is 1. The van der Waals surface area contributed by atoms with Crippen LogP contribution in [0.4, 0.5) is 0 Å². The molecule has 0 saturated carbocycles. The molecule has 0 fully saturated rings. The monoisotopic (exact) mass is 279 g/mol. The van der Waals surface area contributed by atoms with E-state index in [1.54, 1.807) is 12.1 Å².